The van der Waals surface area contributed by atoms with Crippen LogP contribution in [0.1, 0.15) is 69.7 Å². The molecule has 0 spiro atoms. The maximum atomic E-state index is 12.7. The number of nitrogens with one attached hydrogen (secondary N) is 1. The van der Waals surface area contributed by atoms with Gasteiger partial charge in [0.15, 0.2) is 0 Å². The van der Waals surface area contributed by atoms with E-state index >= 15 is 0 Å². The van der Waals surface area contributed by atoms with E-state index in [-0.39, 0.29) is 19.4 Å². The van der Waals surface area contributed by atoms with Crippen LogP contribution in [0, 0.1) is 0 Å². The highest BCUT2D eigenvalue weighted by Crippen LogP contribution is 2.28. The van der Waals surface area contributed by atoms with E-state index in [0.29, 0.717) is 6.04 Å². The van der Waals surface area contributed by atoms with Crippen molar-refractivity contribution in [1.82, 2.24) is 29.9 Å². The number of rotatable bonds is 11. The molecule has 0 bridgehead atoms. The molecule has 0 fully saturated rings. The van der Waals surface area contributed by atoms with Gasteiger partial charge >= 0.3 is 18.4 Å². The normalized spacial score (nSPS) is 11.8. The third kappa shape index (κ3) is 18.7. The Balaban J connectivity index is 0.000000764. The van der Waals surface area contributed by atoms with E-state index in [1.807, 2.05) is 43.3 Å². The van der Waals surface area contributed by atoms with Crippen LogP contribution in [0.15, 0.2) is 60.7 Å². The predicted octanol–water partition coefficient (Wildman–Crippen LogP) is 6.38. The molecule has 0 amide bonds. The molecular weight excluding hydrogens is 682 g/mol. The fraction of sp³-hybridized carbons (Fsp3) is 0.455. The van der Waals surface area contributed by atoms with E-state index in [4.69, 9.17) is 22.3 Å². The van der Waals surface area contributed by atoms with Crippen molar-refractivity contribution >= 4 is 17.8 Å². The fourth-order valence-corrected chi connectivity index (χ4v) is 3.92. The average molecular weight is 731 g/mol. The van der Waals surface area contributed by atoms with Crippen molar-refractivity contribution in [3.05, 3.63) is 83.4 Å². The second kappa shape index (κ2) is 23.5. The van der Waals surface area contributed by atoms with E-state index in [1.54, 1.807) is 0 Å². The molecule has 284 valence electrons. The number of nitrogens with zero attached hydrogens (tertiary/aromatic N) is 6. The second-order valence-corrected chi connectivity index (χ2v) is 10.3. The number of aromatic nitrogens is 6. The molecule has 2 unspecified atom stereocenters. The molecule has 0 saturated carbocycles. The first kappa shape index (κ1) is 46.2. The highest BCUT2D eigenvalue weighted by molar-refractivity contribution is 5.33. The lowest BCUT2D eigenvalue weighted by molar-refractivity contribution is -0.145. The Morgan fingerprint density at radius 1 is 0.686 bits per heavy atom. The Hall–Kier alpha value is -4.84. The van der Waals surface area contributed by atoms with Gasteiger partial charge in [0.25, 0.3) is 0 Å². The van der Waals surface area contributed by atoms with Crippen molar-refractivity contribution < 1.29 is 36.2 Å². The molecule has 51 heavy (non-hydrogen) atoms. The van der Waals surface area contributed by atoms with Crippen molar-refractivity contribution in [2.24, 2.45) is 5.73 Å². The summed E-state index contributed by atoms with van der Waals surface area (Å²) in [6, 6.07) is 20.2. The zero-order chi connectivity index (χ0) is 37.7. The topological polar surface area (TPSA) is 197 Å². The number of aliphatic hydroxyl groups excluding tert-OH is 1. The smallest absolute Gasteiger partial charge is 0.451 e. The van der Waals surface area contributed by atoms with Crippen LogP contribution in [-0.2, 0) is 25.2 Å². The van der Waals surface area contributed by atoms with Crippen molar-refractivity contribution in [2.75, 3.05) is 31.0 Å². The van der Waals surface area contributed by atoms with Gasteiger partial charge in [0, 0.05) is 19.2 Å². The van der Waals surface area contributed by atoms with Crippen LogP contribution < -0.4 is 27.3 Å². The molecule has 0 radical (unpaired) electrons. The molecule has 0 aliphatic heterocycles. The van der Waals surface area contributed by atoms with Gasteiger partial charge in [-0.3, -0.25) is 0 Å². The van der Waals surface area contributed by atoms with Crippen molar-refractivity contribution in [3.8, 4) is 6.01 Å². The number of aryl methyl sites for hydroxylation is 2. The lowest BCUT2D eigenvalue weighted by Gasteiger charge is -2.17. The summed E-state index contributed by atoms with van der Waals surface area (Å²) in [5.41, 5.74) is 18.7. The number of hydrogen-bond donors (Lipinski definition) is 5. The SMILES string of the molecule is C.CCC(CCc1ccccc1)Nc1nc(N)nc(C(F)(F)F)n1.CCC(N)CCc1ccccc1.CO.COc1nc(N)nc(C(F)(F)F)n1. The highest BCUT2D eigenvalue weighted by Gasteiger charge is 2.36. The third-order valence-electron chi connectivity index (χ3n) is 6.60. The lowest BCUT2D eigenvalue weighted by atomic mass is 10.0. The van der Waals surface area contributed by atoms with E-state index in [1.165, 1.54) is 11.1 Å². The van der Waals surface area contributed by atoms with Gasteiger partial charge in [0.05, 0.1) is 7.11 Å². The monoisotopic (exact) mass is 730 g/mol. The zero-order valence-corrected chi connectivity index (χ0v) is 28.2. The number of nitrogen functional groups attached to an aromatic ring is 2. The molecule has 2 aromatic heterocycles. The van der Waals surface area contributed by atoms with E-state index in [0.717, 1.165) is 52.7 Å². The minimum Gasteiger partial charge on any atom is -0.467 e. The standard InChI is InChI=1S/C15H18F3N5.C11H17N.C5H5F3N4O.CH4O.CH4/c1-2-11(9-8-10-6-4-3-5-7-10)20-14-22-12(15(16,17)18)21-13(19)23-14;1-2-11(12)9-8-10-6-4-3-5-7-10;1-13-4-11-2(5(6,7)8)10-3(9)12-4;1-2;/h3-7,11H,2,8-9H2,1H3,(H3,19,20,21,22,23);3-7,11H,2,8-9,12H2,1H3;1H3,(H2,9,10,11,12);2H,1H3;1H4. The molecule has 2 atom stereocenters. The van der Waals surface area contributed by atoms with Crippen LogP contribution in [0.3, 0.4) is 0 Å². The Morgan fingerprint density at radius 2 is 1.14 bits per heavy atom. The third-order valence-corrected chi connectivity index (χ3v) is 6.60. The number of anilines is 3. The van der Waals surface area contributed by atoms with E-state index in [9.17, 15) is 26.3 Å². The lowest BCUT2D eigenvalue weighted by Crippen LogP contribution is -2.23. The summed E-state index contributed by atoms with van der Waals surface area (Å²) < 4.78 is 78.6. The Kier molecular flexibility index (Phi) is 21.3. The molecule has 18 heteroatoms. The molecule has 8 N–H and O–H groups in total. The Labute approximate surface area is 294 Å². The molecule has 4 rings (SSSR count). The van der Waals surface area contributed by atoms with E-state index < -0.39 is 41.9 Å². The van der Waals surface area contributed by atoms with Crippen molar-refractivity contribution in [3.63, 3.8) is 0 Å². The maximum absolute atomic E-state index is 12.7. The number of aliphatic hydroxyl groups is 1. The van der Waals surface area contributed by atoms with Crippen LogP contribution in [0.5, 0.6) is 6.01 Å². The number of methoxy groups -OCH3 is 1. The van der Waals surface area contributed by atoms with Gasteiger partial charge in [-0.2, -0.15) is 56.2 Å². The number of alkyl halides is 6. The molecule has 0 aliphatic rings. The first-order valence-corrected chi connectivity index (χ1v) is 15.4. The minimum atomic E-state index is -4.65. The summed E-state index contributed by atoms with van der Waals surface area (Å²) in [6.07, 6.45) is -3.75. The Morgan fingerprint density at radius 3 is 1.57 bits per heavy atom. The molecular formula is C33H48F6N10O2. The van der Waals surface area contributed by atoms with Crippen molar-refractivity contribution in [2.45, 2.75) is 84.2 Å². The van der Waals surface area contributed by atoms with Gasteiger partial charge in [0.1, 0.15) is 0 Å². The van der Waals surface area contributed by atoms with Crippen LogP contribution in [0.25, 0.3) is 0 Å². The number of hydrogen-bond acceptors (Lipinski definition) is 12. The first-order valence-electron chi connectivity index (χ1n) is 15.4. The quantitative estimate of drug-likeness (QED) is 0.107. The van der Waals surface area contributed by atoms with Gasteiger partial charge in [-0.25, -0.2) is 0 Å². The van der Waals surface area contributed by atoms with Crippen LogP contribution in [0.2, 0.25) is 0 Å². The summed E-state index contributed by atoms with van der Waals surface area (Å²) in [5, 5.41) is 9.91. The number of benzene rings is 2. The molecule has 0 aliphatic carbocycles. The average Bonchev–Trinajstić information content (AvgIpc) is 3.10. The minimum absolute atomic E-state index is 0. The summed E-state index contributed by atoms with van der Waals surface area (Å²) in [5.74, 6) is -3.78. The summed E-state index contributed by atoms with van der Waals surface area (Å²) >= 11 is 0. The van der Waals surface area contributed by atoms with Gasteiger partial charge in [0.2, 0.25) is 29.5 Å². The van der Waals surface area contributed by atoms with Crippen LogP contribution in [-0.4, -0.2) is 61.3 Å². The number of halogens is 6. The summed E-state index contributed by atoms with van der Waals surface area (Å²) in [7, 11) is 2.13. The van der Waals surface area contributed by atoms with Crippen LogP contribution in [0.4, 0.5) is 44.2 Å². The Bertz CT molecular complexity index is 1500. The van der Waals surface area contributed by atoms with Gasteiger partial charge < -0.3 is 32.4 Å². The van der Waals surface area contributed by atoms with Crippen LogP contribution >= 0.6 is 0 Å². The zero-order valence-electron chi connectivity index (χ0n) is 28.2. The number of ether oxygens (including phenoxy) is 1. The molecule has 2 heterocycles. The fourth-order valence-electron chi connectivity index (χ4n) is 3.92. The van der Waals surface area contributed by atoms with Crippen molar-refractivity contribution in [1.29, 1.82) is 0 Å². The first-order chi connectivity index (χ1) is 23.6. The molecule has 12 nitrogen and oxygen atoms in total. The second-order valence-electron chi connectivity index (χ2n) is 10.3. The van der Waals surface area contributed by atoms with Gasteiger partial charge in [-0.1, -0.05) is 81.9 Å². The summed E-state index contributed by atoms with van der Waals surface area (Å²) in [4.78, 5) is 19.4. The number of nitrogens with two attached hydrogens (primary N) is 3. The van der Waals surface area contributed by atoms with Gasteiger partial charge in [-0.05, 0) is 49.7 Å². The molecule has 0 saturated heterocycles. The highest BCUT2D eigenvalue weighted by atomic mass is 19.4. The predicted molar refractivity (Wildman–Crippen MR) is 185 cm³/mol. The molecule has 2 aromatic carbocycles. The molecule has 4 aromatic rings. The van der Waals surface area contributed by atoms with Gasteiger partial charge in [-0.15, -0.1) is 0 Å². The summed E-state index contributed by atoms with van der Waals surface area (Å²) in [6.45, 7) is 4.08. The largest absolute Gasteiger partial charge is 0.467 e. The maximum Gasteiger partial charge on any atom is 0.451 e. The van der Waals surface area contributed by atoms with E-state index in [2.05, 4.69) is 71.1 Å².